The largest absolute Gasteiger partial charge is 0.467 e. The third kappa shape index (κ3) is 2.17. The average molecular weight is 328 g/mol. The zero-order valence-electron chi connectivity index (χ0n) is 13.3. The zero-order chi connectivity index (χ0) is 16.7. The molecule has 0 fully saturated rings. The van der Waals surface area contributed by atoms with Crippen LogP contribution in [0.4, 0.5) is 11.8 Å². The summed E-state index contributed by atoms with van der Waals surface area (Å²) in [5, 5.41) is 0. The van der Waals surface area contributed by atoms with Crippen LogP contribution in [0, 0.1) is 0 Å². The molecular formula is C17H16N2O5. The van der Waals surface area contributed by atoms with Crippen LogP contribution in [0.3, 0.4) is 0 Å². The summed E-state index contributed by atoms with van der Waals surface area (Å²) < 4.78 is 21.9. The molecule has 2 aromatic heterocycles. The first-order valence-corrected chi connectivity index (χ1v) is 7.51. The fourth-order valence-electron chi connectivity index (χ4n) is 2.77. The van der Waals surface area contributed by atoms with E-state index in [4.69, 9.17) is 18.3 Å². The molecule has 24 heavy (non-hydrogen) atoms. The Hall–Kier alpha value is -3.09. The van der Waals surface area contributed by atoms with Gasteiger partial charge in [0.15, 0.2) is 25.0 Å². The molecule has 0 atom stereocenters. The van der Waals surface area contributed by atoms with Gasteiger partial charge in [-0.15, -0.1) is 0 Å². The second-order valence-electron chi connectivity index (χ2n) is 5.46. The van der Waals surface area contributed by atoms with E-state index in [0.717, 1.165) is 0 Å². The van der Waals surface area contributed by atoms with Gasteiger partial charge in [0.05, 0.1) is 23.9 Å². The molecule has 0 aromatic carbocycles. The molecule has 0 amide bonds. The number of rotatable bonds is 4. The molecule has 2 aromatic rings. The number of hydrogen-bond donors (Lipinski definition) is 0. The van der Waals surface area contributed by atoms with Crippen molar-refractivity contribution in [2.24, 2.45) is 0 Å². The molecule has 124 valence electrons. The lowest BCUT2D eigenvalue weighted by Gasteiger charge is -2.12. The van der Waals surface area contributed by atoms with Crippen molar-refractivity contribution in [3.63, 3.8) is 0 Å². The van der Waals surface area contributed by atoms with Crippen LogP contribution in [0.25, 0.3) is 0 Å². The normalized spacial score (nSPS) is 17.6. The van der Waals surface area contributed by atoms with Gasteiger partial charge >= 0.3 is 0 Å². The number of Topliss-reactive ketones (excluding diaryl/α,β-unsaturated/α-hetero) is 1. The maximum absolute atomic E-state index is 12.8. The molecule has 2 aliphatic rings. The molecule has 4 heterocycles. The predicted octanol–water partition coefficient (Wildman–Crippen LogP) is 3.19. The monoisotopic (exact) mass is 328 g/mol. The Balaban J connectivity index is 1.62. The summed E-state index contributed by atoms with van der Waals surface area (Å²) >= 11 is 0. The van der Waals surface area contributed by atoms with Gasteiger partial charge in [-0.05, 0) is 26.0 Å². The van der Waals surface area contributed by atoms with E-state index in [1.54, 1.807) is 34.5 Å². The number of furan rings is 2. The maximum Gasteiger partial charge on any atom is 0.265 e. The third-order valence-electron chi connectivity index (χ3n) is 4.10. The van der Waals surface area contributed by atoms with Crippen molar-refractivity contribution in [3.05, 3.63) is 59.7 Å². The molecule has 7 heteroatoms. The maximum atomic E-state index is 12.8. The minimum atomic E-state index is -0.284. The molecule has 4 rings (SSSR count). The molecule has 0 bridgehead atoms. The lowest BCUT2D eigenvalue weighted by Crippen LogP contribution is -2.16. The van der Waals surface area contributed by atoms with Gasteiger partial charge in [-0.2, -0.15) is 0 Å². The van der Waals surface area contributed by atoms with Crippen LogP contribution < -0.4 is 9.80 Å². The van der Waals surface area contributed by atoms with E-state index in [2.05, 4.69) is 0 Å². The summed E-state index contributed by atoms with van der Waals surface area (Å²) in [6.45, 7) is 4.10. The van der Waals surface area contributed by atoms with Gasteiger partial charge in [0.1, 0.15) is 0 Å². The summed E-state index contributed by atoms with van der Waals surface area (Å²) in [7, 11) is 0. The highest BCUT2D eigenvalue weighted by Gasteiger charge is 2.35. The van der Waals surface area contributed by atoms with Crippen molar-refractivity contribution < 1.29 is 23.1 Å². The quantitative estimate of drug-likeness (QED) is 0.853. The molecule has 0 aliphatic carbocycles. The average Bonchev–Trinajstić information content (AvgIpc) is 3.34. The number of anilines is 2. The Bertz CT molecular complexity index is 749. The second kappa shape index (κ2) is 5.52. The Morgan fingerprint density at radius 1 is 0.875 bits per heavy atom. The van der Waals surface area contributed by atoms with Crippen LogP contribution in [0.1, 0.15) is 13.8 Å². The molecule has 0 spiro atoms. The smallest absolute Gasteiger partial charge is 0.265 e. The minimum Gasteiger partial charge on any atom is -0.467 e. The summed E-state index contributed by atoms with van der Waals surface area (Å²) in [5.74, 6) is 1.51. The van der Waals surface area contributed by atoms with E-state index in [9.17, 15) is 4.79 Å². The highest BCUT2D eigenvalue weighted by molar-refractivity contribution is 6.07. The Morgan fingerprint density at radius 2 is 1.33 bits per heavy atom. The fraction of sp³-hybridized carbons (Fsp3) is 0.235. The topological polar surface area (TPSA) is 68.3 Å². The van der Waals surface area contributed by atoms with Gasteiger partial charge in [-0.1, -0.05) is 0 Å². The standard InChI is InChI=1S/C17H16N2O5/c1-11-16(23-9-18(11)13-5-3-7-21-13)15(20)17-12(2)19(10-24-17)14-6-4-8-22-14/h3-8H,9-10H2,1-2H3. The van der Waals surface area contributed by atoms with Gasteiger partial charge in [0.2, 0.25) is 11.8 Å². The Kier molecular flexibility index (Phi) is 3.34. The van der Waals surface area contributed by atoms with E-state index >= 15 is 0 Å². The number of ether oxygens (including phenoxy) is 2. The Labute approximate surface area is 138 Å². The van der Waals surface area contributed by atoms with Crippen LogP contribution >= 0.6 is 0 Å². The summed E-state index contributed by atoms with van der Waals surface area (Å²) in [6.07, 6.45) is 3.16. The molecule has 7 nitrogen and oxygen atoms in total. The number of carbonyl (C=O) groups excluding carboxylic acids is 1. The van der Waals surface area contributed by atoms with E-state index in [-0.39, 0.29) is 30.8 Å². The van der Waals surface area contributed by atoms with Gasteiger partial charge in [0, 0.05) is 12.1 Å². The Morgan fingerprint density at radius 3 is 1.71 bits per heavy atom. The molecule has 0 saturated carbocycles. The summed E-state index contributed by atoms with van der Waals surface area (Å²) in [5.41, 5.74) is 1.38. The molecule has 0 saturated heterocycles. The van der Waals surface area contributed by atoms with Gasteiger partial charge in [-0.25, -0.2) is 0 Å². The van der Waals surface area contributed by atoms with Crippen LogP contribution in [0.15, 0.2) is 68.5 Å². The predicted molar refractivity (Wildman–Crippen MR) is 84.7 cm³/mol. The third-order valence-corrected chi connectivity index (χ3v) is 4.10. The van der Waals surface area contributed by atoms with E-state index < -0.39 is 0 Å². The van der Waals surface area contributed by atoms with Crippen LogP contribution in [-0.2, 0) is 14.3 Å². The fourth-order valence-corrected chi connectivity index (χ4v) is 2.77. The van der Waals surface area contributed by atoms with Crippen molar-refractivity contribution in [2.45, 2.75) is 13.8 Å². The molecule has 0 unspecified atom stereocenters. The van der Waals surface area contributed by atoms with E-state index in [0.29, 0.717) is 23.2 Å². The first-order chi connectivity index (χ1) is 11.7. The van der Waals surface area contributed by atoms with Crippen molar-refractivity contribution >= 4 is 17.6 Å². The summed E-state index contributed by atoms with van der Waals surface area (Å²) in [4.78, 5) is 16.4. The lowest BCUT2D eigenvalue weighted by molar-refractivity contribution is -0.118. The molecule has 2 aliphatic heterocycles. The van der Waals surface area contributed by atoms with Crippen molar-refractivity contribution in [2.75, 3.05) is 23.3 Å². The molecular weight excluding hydrogens is 312 g/mol. The number of hydrogen-bond acceptors (Lipinski definition) is 7. The van der Waals surface area contributed by atoms with Crippen LogP contribution in [-0.4, -0.2) is 19.2 Å². The molecule has 0 N–H and O–H groups in total. The van der Waals surface area contributed by atoms with Gasteiger partial charge in [-0.3, -0.25) is 14.6 Å². The number of allylic oxidation sites excluding steroid dienone is 2. The highest BCUT2D eigenvalue weighted by Crippen LogP contribution is 2.33. The first-order valence-electron chi connectivity index (χ1n) is 7.51. The van der Waals surface area contributed by atoms with Crippen molar-refractivity contribution in [1.82, 2.24) is 0 Å². The van der Waals surface area contributed by atoms with E-state index in [1.807, 2.05) is 26.0 Å². The second-order valence-corrected chi connectivity index (χ2v) is 5.46. The van der Waals surface area contributed by atoms with Crippen molar-refractivity contribution in [3.8, 4) is 0 Å². The molecule has 0 radical (unpaired) electrons. The minimum absolute atomic E-state index is 0.231. The van der Waals surface area contributed by atoms with Crippen LogP contribution in [0.2, 0.25) is 0 Å². The number of carbonyl (C=O) groups is 1. The number of nitrogens with zero attached hydrogens (tertiary/aromatic N) is 2. The number of ketones is 1. The van der Waals surface area contributed by atoms with Crippen molar-refractivity contribution in [1.29, 1.82) is 0 Å². The van der Waals surface area contributed by atoms with Crippen LogP contribution in [0.5, 0.6) is 0 Å². The SMILES string of the molecule is CC1=C(C(=O)C2=C(C)N(c3ccco3)CO2)OCN1c1ccco1. The highest BCUT2D eigenvalue weighted by atomic mass is 16.5. The lowest BCUT2D eigenvalue weighted by atomic mass is 10.2. The zero-order valence-corrected chi connectivity index (χ0v) is 13.3. The van der Waals surface area contributed by atoms with E-state index in [1.165, 1.54) is 0 Å². The van der Waals surface area contributed by atoms with Gasteiger partial charge in [0.25, 0.3) is 5.78 Å². The first kappa shape index (κ1) is 14.5. The van der Waals surface area contributed by atoms with Gasteiger partial charge < -0.3 is 18.3 Å². The summed E-state index contributed by atoms with van der Waals surface area (Å²) in [6, 6.07) is 7.21.